The molecule has 3 N–H and O–H groups in total. The zero-order valence-electron chi connectivity index (χ0n) is 10.6. The van der Waals surface area contributed by atoms with Crippen LogP contribution in [-0.2, 0) is 4.79 Å². The Balaban J connectivity index is 2.16. The van der Waals surface area contributed by atoms with Crippen LogP contribution in [0.25, 0.3) is 10.9 Å². The van der Waals surface area contributed by atoms with Crippen LogP contribution in [0.4, 0.5) is 0 Å². The fourth-order valence-corrected chi connectivity index (χ4v) is 1.98. The number of carboxylic acid groups (broad SMARTS) is 1. The van der Waals surface area contributed by atoms with Gasteiger partial charge in [0.05, 0.1) is 0 Å². The molecule has 0 saturated heterocycles. The van der Waals surface area contributed by atoms with Crippen LogP contribution < -0.4 is 5.32 Å². The van der Waals surface area contributed by atoms with Crippen LogP contribution in [0.2, 0.25) is 0 Å². The maximum atomic E-state index is 12.0. The minimum Gasteiger partial charge on any atom is -0.480 e. The molecule has 0 aliphatic heterocycles. The number of nitrogens with one attached hydrogen (secondary N) is 2. The highest BCUT2D eigenvalue weighted by Gasteiger charge is 2.19. The lowest BCUT2D eigenvalue weighted by Crippen LogP contribution is -2.40. The molecule has 1 heterocycles. The van der Waals surface area contributed by atoms with Crippen LogP contribution in [0.3, 0.4) is 0 Å². The largest absolute Gasteiger partial charge is 0.480 e. The van der Waals surface area contributed by atoms with Gasteiger partial charge in [0.25, 0.3) is 5.91 Å². The summed E-state index contributed by atoms with van der Waals surface area (Å²) in [7, 11) is 0. The van der Waals surface area contributed by atoms with Crippen molar-refractivity contribution < 1.29 is 14.7 Å². The molecule has 1 aromatic heterocycles. The summed E-state index contributed by atoms with van der Waals surface area (Å²) in [6, 6.07) is 6.31. The molecule has 0 fully saturated rings. The van der Waals surface area contributed by atoms with E-state index in [1.165, 1.54) is 0 Å². The first-order valence-electron chi connectivity index (χ1n) is 6.22. The Bertz CT molecular complexity index is 604. The van der Waals surface area contributed by atoms with E-state index < -0.39 is 12.0 Å². The monoisotopic (exact) mass is 260 g/mol. The number of carbonyl (C=O) groups is 2. The minimum absolute atomic E-state index is 0.364. The number of amides is 1. The maximum Gasteiger partial charge on any atom is 0.326 e. The minimum atomic E-state index is -1.00. The summed E-state index contributed by atoms with van der Waals surface area (Å²) >= 11 is 0. The second-order valence-electron chi connectivity index (χ2n) is 4.43. The number of rotatable bonds is 5. The van der Waals surface area contributed by atoms with Gasteiger partial charge in [0.1, 0.15) is 6.04 Å². The molecule has 1 amide bonds. The van der Waals surface area contributed by atoms with Crippen molar-refractivity contribution in [2.45, 2.75) is 25.8 Å². The Morgan fingerprint density at radius 2 is 2.16 bits per heavy atom. The van der Waals surface area contributed by atoms with Crippen LogP contribution in [0.15, 0.2) is 30.5 Å². The zero-order valence-corrected chi connectivity index (χ0v) is 10.6. The summed E-state index contributed by atoms with van der Waals surface area (Å²) in [5.41, 5.74) is 1.31. The van der Waals surface area contributed by atoms with Crippen molar-refractivity contribution >= 4 is 22.8 Å². The summed E-state index contributed by atoms with van der Waals surface area (Å²) in [6.45, 7) is 1.88. The third-order valence-electron chi connectivity index (χ3n) is 3.00. The first-order valence-corrected chi connectivity index (χ1v) is 6.22. The van der Waals surface area contributed by atoms with Gasteiger partial charge in [0.2, 0.25) is 0 Å². The van der Waals surface area contributed by atoms with Gasteiger partial charge in [-0.3, -0.25) is 4.79 Å². The smallest absolute Gasteiger partial charge is 0.326 e. The molecule has 19 heavy (non-hydrogen) atoms. The van der Waals surface area contributed by atoms with Crippen LogP contribution >= 0.6 is 0 Å². The van der Waals surface area contributed by atoms with Gasteiger partial charge >= 0.3 is 5.97 Å². The predicted octanol–water partition coefficient (Wildman–Crippen LogP) is 2.15. The van der Waals surface area contributed by atoms with E-state index in [9.17, 15) is 9.59 Å². The molecule has 5 heteroatoms. The summed E-state index contributed by atoms with van der Waals surface area (Å²) in [5.74, 6) is -1.37. The van der Waals surface area contributed by atoms with Gasteiger partial charge in [-0.05, 0) is 30.0 Å². The number of hydrogen-bond donors (Lipinski definition) is 3. The molecule has 0 radical (unpaired) electrons. The van der Waals surface area contributed by atoms with Gasteiger partial charge in [-0.2, -0.15) is 0 Å². The molecule has 1 unspecified atom stereocenters. The molecule has 0 spiro atoms. The van der Waals surface area contributed by atoms with Crippen molar-refractivity contribution in [3.63, 3.8) is 0 Å². The molecule has 2 aromatic rings. The number of aromatic nitrogens is 1. The quantitative estimate of drug-likeness (QED) is 0.770. The number of aliphatic carboxylic acids is 1. The molecule has 5 nitrogen and oxygen atoms in total. The molecule has 0 bridgehead atoms. The van der Waals surface area contributed by atoms with E-state index in [4.69, 9.17) is 5.11 Å². The number of aromatic amines is 1. The Morgan fingerprint density at radius 3 is 2.84 bits per heavy atom. The van der Waals surface area contributed by atoms with Gasteiger partial charge in [-0.15, -0.1) is 0 Å². The first-order chi connectivity index (χ1) is 9.11. The van der Waals surface area contributed by atoms with E-state index in [1.54, 1.807) is 18.3 Å². The van der Waals surface area contributed by atoms with E-state index in [0.29, 0.717) is 18.4 Å². The average molecular weight is 260 g/mol. The zero-order chi connectivity index (χ0) is 13.8. The van der Waals surface area contributed by atoms with Gasteiger partial charge in [0, 0.05) is 17.3 Å². The van der Waals surface area contributed by atoms with Crippen molar-refractivity contribution in [3.8, 4) is 0 Å². The van der Waals surface area contributed by atoms with E-state index >= 15 is 0 Å². The fraction of sp³-hybridized carbons (Fsp3) is 0.286. The molecular weight excluding hydrogens is 244 g/mol. The summed E-state index contributed by atoms with van der Waals surface area (Å²) in [6.07, 6.45) is 2.92. The Labute approximate surface area is 110 Å². The van der Waals surface area contributed by atoms with E-state index in [-0.39, 0.29) is 5.91 Å². The number of carbonyl (C=O) groups excluding carboxylic acids is 1. The molecule has 2 rings (SSSR count). The number of fused-ring (bicyclic) bond motifs is 1. The second-order valence-corrected chi connectivity index (χ2v) is 4.43. The molecule has 0 saturated carbocycles. The van der Waals surface area contributed by atoms with Gasteiger partial charge < -0.3 is 15.4 Å². The van der Waals surface area contributed by atoms with Crippen molar-refractivity contribution in [1.82, 2.24) is 10.3 Å². The maximum absolute atomic E-state index is 12.0. The Kier molecular flexibility index (Phi) is 3.85. The Hall–Kier alpha value is -2.30. The van der Waals surface area contributed by atoms with Crippen LogP contribution in [-0.4, -0.2) is 28.0 Å². The lowest BCUT2D eigenvalue weighted by Gasteiger charge is -2.13. The fourth-order valence-electron chi connectivity index (χ4n) is 1.98. The lowest BCUT2D eigenvalue weighted by atomic mass is 10.1. The summed E-state index contributed by atoms with van der Waals surface area (Å²) in [5, 5.41) is 12.6. The number of benzene rings is 1. The van der Waals surface area contributed by atoms with E-state index in [1.807, 2.05) is 19.1 Å². The molecule has 1 atom stereocenters. The van der Waals surface area contributed by atoms with Gasteiger partial charge in [-0.1, -0.05) is 19.4 Å². The number of H-pyrrole nitrogens is 1. The molecule has 1 aromatic carbocycles. The molecule has 0 aliphatic rings. The topological polar surface area (TPSA) is 82.2 Å². The highest BCUT2D eigenvalue weighted by Crippen LogP contribution is 2.14. The average Bonchev–Trinajstić information content (AvgIpc) is 2.85. The van der Waals surface area contributed by atoms with Crippen molar-refractivity contribution in [2.75, 3.05) is 0 Å². The van der Waals surface area contributed by atoms with Gasteiger partial charge in [0.15, 0.2) is 0 Å². The standard InChI is InChI=1S/C14H16N2O3/c1-2-3-11(14(18)19)16-13(17)10-5-4-9-6-7-15-12(9)8-10/h4-8,11,15H,2-3H2,1H3,(H,16,17)(H,18,19). The molecular formula is C14H16N2O3. The lowest BCUT2D eigenvalue weighted by molar-refractivity contribution is -0.139. The summed E-state index contributed by atoms with van der Waals surface area (Å²) < 4.78 is 0. The SMILES string of the molecule is CCCC(NC(=O)c1ccc2cc[nH]c2c1)C(=O)O. The van der Waals surface area contributed by atoms with E-state index in [0.717, 1.165) is 10.9 Å². The van der Waals surface area contributed by atoms with Crippen LogP contribution in [0, 0.1) is 0 Å². The normalized spacial score (nSPS) is 12.3. The van der Waals surface area contributed by atoms with Gasteiger partial charge in [-0.25, -0.2) is 4.79 Å². The molecule has 0 aliphatic carbocycles. The van der Waals surface area contributed by atoms with Crippen LogP contribution in [0.5, 0.6) is 0 Å². The van der Waals surface area contributed by atoms with Crippen molar-refractivity contribution in [2.24, 2.45) is 0 Å². The number of carboxylic acids is 1. The third-order valence-corrected chi connectivity index (χ3v) is 3.00. The first kappa shape index (κ1) is 13.1. The second kappa shape index (κ2) is 5.56. The van der Waals surface area contributed by atoms with E-state index in [2.05, 4.69) is 10.3 Å². The van der Waals surface area contributed by atoms with Crippen molar-refractivity contribution in [3.05, 3.63) is 36.0 Å². The third kappa shape index (κ3) is 2.93. The highest BCUT2D eigenvalue weighted by atomic mass is 16.4. The van der Waals surface area contributed by atoms with Crippen LogP contribution in [0.1, 0.15) is 30.1 Å². The summed E-state index contributed by atoms with van der Waals surface area (Å²) in [4.78, 5) is 26.0. The van der Waals surface area contributed by atoms with Crippen molar-refractivity contribution in [1.29, 1.82) is 0 Å². The molecule has 100 valence electrons. The predicted molar refractivity (Wildman–Crippen MR) is 72.1 cm³/mol. The number of hydrogen-bond acceptors (Lipinski definition) is 2. The highest BCUT2D eigenvalue weighted by molar-refractivity contribution is 5.99. The Morgan fingerprint density at radius 1 is 1.37 bits per heavy atom.